The Morgan fingerprint density at radius 1 is 1.16 bits per heavy atom. The third-order valence-corrected chi connectivity index (χ3v) is 6.48. The van der Waals surface area contributed by atoms with Gasteiger partial charge in [-0.05, 0) is 74.4 Å². The van der Waals surface area contributed by atoms with Gasteiger partial charge in [-0.1, -0.05) is 23.7 Å². The van der Waals surface area contributed by atoms with Crippen molar-refractivity contribution in [2.45, 2.75) is 38.1 Å². The number of halogens is 2. The Kier molecular flexibility index (Phi) is 7.00. The minimum atomic E-state index is -0.426. The molecule has 1 heterocycles. The van der Waals surface area contributed by atoms with Gasteiger partial charge in [-0.3, -0.25) is 14.6 Å². The second kappa shape index (κ2) is 10.1. The fourth-order valence-corrected chi connectivity index (χ4v) is 4.61. The molecule has 0 spiro atoms. The van der Waals surface area contributed by atoms with Gasteiger partial charge in [0.1, 0.15) is 5.82 Å². The van der Waals surface area contributed by atoms with Crippen molar-refractivity contribution in [2.75, 3.05) is 11.4 Å². The van der Waals surface area contributed by atoms with Crippen molar-refractivity contribution in [3.63, 3.8) is 0 Å². The van der Waals surface area contributed by atoms with Gasteiger partial charge in [0.25, 0.3) is 5.91 Å². The Labute approximate surface area is 191 Å². The molecule has 2 aromatic carbocycles. The number of nitrogens with zero attached hydrogens (tertiary/aromatic N) is 2. The predicted octanol–water partition coefficient (Wildman–Crippen LogP) is 5.37. The molecular weight excluding hydrogens is 429 g/mol. The number of pyridine rings is 1. The first-order valence-electron chi connectivity index (χ1n) is 10.9. The molecule has 32 heavy (non-hydrogen) atoms. The maximum atomic E-state index is 13.3. The molecule has 0 aliphatic heterocycles. The first kappa shape index (κ1) is 22.2. The van der Waals surface area contributed by atoms with Crippen LogP contribution in [0.25, 0.3) is 10.9 Å². The molecule has 1 aromatic heterocycles. The largest absolute Gasteiger partial charge is 0.349 e. The molecular formula is C25H25ClFN3O2. The highest BCUT2D eigenvalue weighted by atomic mass is 35.5. The van der Waals surface area contributed by atoms with Crippen molar-refractivity contribution in [1.29, 1.82) is 0 Å². The Hall–Kier alpha value is -2.99. The third-order valence-electron chi connectivity index (χ3n) is 6.17. The van der Waals surface area contributed by atoms with E-state index < -0.39 is 5.82 Å². The van der Waals surface area contributed by atoms with E-state index in [0.717, 1.165) is 49.4 Å². The number of hydrogen-bond acceptors (Lipinski definition) is 3. The van der Waals surface area contributed by atoms with Crippen LogP contribution in [0.1, 0.15) is 42.5 Å². The summed E-state index contributed by atoms with van der Waals surface area (Å²) in [5.74, 6) is -0.0290. The van der Waals surface area contributed by atoms with Crippen LogP contribution in [0, 0.1) is 11.7 Å². The standard InChI is InChI=1S/C25H25ClFN3O2/c26-22-15-20(27)7-10-24(22)30(16-31)13-11-17-3-8-21(9-4-17)29-25(32)19-6-5-18-2-1-12-28-23(18)14-19/h1-2,5-7,10,12,14-17,21H,3-4,8-9,11,13H2,(H,29,32). The van der Waals surface area contributed by atoms with Crippen LogP contribution in [0.2, 0.25) is 5.02 Å². The number of aromatic nitrogens is 1. The molecule has 0 unspecified atom stereocenters. The normalized spacial score (nSPS) is 18.3. The Morgan fingerprint density at radius 2 is 1.97 bits per heavy atom. The number of hydrogen-bond donors (Lipinski definition) is 1. The highest BCUT2D eigenvalue weighted by Gasteiger charge is 2.24. The number of anilines is 1. The topological polar surface area (TPSA) is 62.3 Å². The minimum absolute atomic E-state index is 0.0703. The van der Waals surface area contributed by atoms with E-state index in [0.29, 0.717) is 23.7 Å². The number of carbonyl (C=O) groups excluding carboxylic acids is 2. The molecule has 0 radical (unpaired) electrons. The molecule has 7 heteroatoms. The summed E-state index contributed by atoms with van der Waals surface area (Å²) in [5.41, 5.74) is 1.95. The molecule has 166 valence electrons. The van der Waals surface area contributed by atoms with Crippen molar-refractivity contribution >= 4 is 40.5 Å². The lowest BCUT2D eigenvalue weighted by molar-refractivity contribution is -0.107. The summed E-state index contributed by atoms with van der Waals surface area (Å²) in [6.45, 7) is 0.528. The number of benzene rings is 2. The van der Waals surface area contributed by atoms with Gasteiger partial charge in [0.15, 0.2) is 0 Å². The van der Waals surface area contributed by atoms with E-state index in [1.807, 2.05) is 30.3 Å². The summed E-state index contributed by atoms with van der Waals surface area (Å²) in [6, 6.07) is 13.6. The van der Waals surface area contributed by atoms with Crippen molar-refractivity contribution in [1.82, 2.24) is 10.3 Å². The van der Waals surface area contributed by atoms with E-state index in [1.165, 1.54) is 23.1 Å². The average Bonchev–Trinajstić information content (AvgIpc) is 2.81. The zero-order chi connectivity index (χ0) is 22.5. The lowest BCUT2D eigenvalue weighted by Gasteiger charge is -2.30. The molecule has 0 atom stereocenters. The Bertz CT molecular complexity index is 1120. The van der Waals surface area contributed by atoms with Gasteiger partial charge in [-0.15, -0.1) is 0 Å². The van der Waals surface area contributed by atoms with Crippen LogP contribution < -0.4 is 10.2 Å². The molecule has 1 aliphatic rings. The molecule has 2 amide bonds. The van der Waals surface area contributed by atoms with Gasteiger partial charge >= 0.3 is 0 Å². The fourth-order valence-electron chi connectivity index (χ4n) is 4.34. The molecule has 4 rings (SSSR count). The molecule has 1 fully saturated rings. The van der Waals surface area contributed by atoms with E-state index in [-0.39, 0.29) is 17.0 Å². The predicted molar refractivity (Wildman–Crippen MR) is 124 cm³/mol. The number of carbonyl (C=O) groups is 2. The highest BCUT2D eigenvalue weighted by molar-refractivity contribution is 6.33. The average molecular weight is 454 g/mol. The van der Waals surface area contributed by atoms with Gasteiger partial charge in [0.05, 0.1) is 16.2 Å². The SMILES string of the molecule is O=CN(CCC1CCC(NC(=O)c2ccc3cccnc3c2)CC1)c1ccc(F)cc1Cl. The van der Waals surface area contributed by atoms with Crippen LogP contribution in [-0.2, 0) is 4.79 Å². The van der Waals surface area contributed by atoms with Crippen molar-refractivity contribution in [3.05, 3.63) is 71.1 Å². The van der Waals surface area contributed by atoms with Gasteiger partial charge in [-0.2, -0.15) is 0 Å². The zero-order valence-corrected chi connectivity index (χ0v) is 18.4. The summed E-state index contributed by atoms with van der Waals surface area (Å²) in [5, 5.41) is 4.39. The van der Waals surface area contributed by atoms with Crippen LogP contribution in [0.3, 0.4) is 0 Å². The van der Waals surface area contributed by atoms with Crippen LogP contribution in [0.5, 0.6) is 0 Å². The summed E-state index contributed by atoms with van der Waals surface area (Å²) in [7, 11) is 0. The third kappa shape index (κ3) is 5.25. The van der Waals surface area contributed by atoms with E-state index in [4.69, 9.17) is 11.6 Å². The smallest absolute Gasteiger partial charge is 0.251 e. The number of nitrogens with one attached hydrogen (secondary N) is 1. The van der Waals surface area contributed by atoms with Crippen LogP contribution in [0.4, 0.5) is 10.1 Å². The van der Waals surface area contributed by atoms with E-state index >= 15 is 0 Å². The molecule has 1 aliphatic carbocycles. The molecule has 5 nitrogen and oxygen atoms in total. The van der Waals surface area contributed by atoms with Crippen LogP contribution in [0.15, 0.2) is 54.7 Å². The fraction of sp³-hybridized carbons (Fsp3) is 0.320. The highest BCUT2D eigenvalue weighted by Crippen LogP contribution is 2.30. The Balaban J connectivity index is 1.27. The molecule has 1 N–H and O–H groups in total. The zero-order valence-electron chi connectivity index (χ0n) is 17.6. The quantitative estimate of drug-likeness (QED) is 0.489. The molecule has 3 aromatic rings. The summed E-state index contributed by atoms with van der Waals surface area (Å²) in [6.07, 6.45) is 7.07. The van der Waals surface area contributed by atoms with Gasteiger partial charge in [0, 0.05) is 29.7 Å². The molecule has 0 bridgehead atoms. The lowest BCUT2D eigenvalue weighted by Crippen LogP contribution is -2.38. The van der Waals surface area contributed by atoms with Gasteiger partial charge in [-0.25, -0.2) is 4.39 Å². The first-order valence-corrected chi connectivity index (χ1v) is 11.2. The maximum Gasteiger partial charge on any atom is 0.251 e. The first-order chi connectivity index (χ1) is 15.5. The summed E-state index contributed by atoms with van der Waals surface area (Å²) < 4.78 is 13.3. The maximum absolute atomic E-state index is 13.3. The second-order valence-electron chi connectivity index (χ2n) is 8.29. The number of rotatable bonds is 7. The summed E-state index contributed by atoms with van der Waals surface area (Å²) >= 11 is 6.09. The molecule has 1 saturated carbocycles. The molecule has 0 saturated heterocycles. The van der Waals surface area contributed by atoms with E-state index in [1.54, 1.807) is 6.20 Å². The van der Waals surface area contributed by atoms with Crippen LogP contribution >= 0.6 is 11.6 Å². The van der Waals surface area contributed by atoms with E-state index in [9.17, 15) is 14.0 Å². The van der Waals surface area contributed by atoms with Gasteiger partial charge in [0.2, 0.25) is 6.41 Å². The summed E-state index contributed by atoms with van der Waals surface area (Å²) in [4.78, 5) is 30.1. The number of fused-ring (bicyclic) bond motifs is 1. The second-order valence-corrected chi connectivity index (χ2v) is 8.69. The van der Waals surface area contributed by atoms with Crippen LogP contribution in [-0.4, -0.2) is 29.9 Å². The minimum Gasteiger partial charge on any atom is -0.349 e. The van der Waals surface area contributed by atoms with Gasteiger partial charge < -0.3 is 10.2 Å². The number of amides is 2. The van der Waals surface area contributed by atoms with Crippen molar-refractivity contribution in [3.8, 4) is 0 Å². The Morgan fingerprint density at radius 3 is 2.72 bits per heavy atom. The van der Waals surface area contributed by atoms with Crippen molar-refractivity contribution < 1.29 is 14.0 Å². The lowest BCUT2D eigenvalue weighted by atomic mass is 9.84. The monoisotopic (exact) mass is 453 g/mol. The van der Waals surface area contributed by atoms with E-state index in [2.05, 4.69) is 10.3 Å². The van der Waals surface area contributed by atoms with Crippen molar-refractivity contribution in [2.24, 2.45) is 5.92 Å².